The second kappa shape index (κ2) is 10.2. The van der Waals surface area contributed by atoms with Crippen LogP contribution in [0.25, 0.3) is 6.08 Å². The molecule has 7 heteroatoms. The van der Waals surface area contributed by atoms with E-state index < -0.39 is 6.61 Å². The van der Waals surface area contributed by atoms with Crippen LogP contribution in [0.4, 0.5) is 8.78 Å². The summed E-state index contributed by atoms with van der Waals surface area (Å²) in [5.74, 6) is 1.11. The van der Waals surface area contributed by atoms with Crippen LogP contribution in [-0.2, 0) is 11.2 Å². The van der Waals surface area contributed by atoms with Gasteiger partial charge < -0.3 is 19.5 Å². The first-order chi connectivity index (χ1) is 13.0. The summed E-state index contributed by atoms with van der Waals surface area (Å²) in [6.07, 6.45) is 3.62. The maximum absolute atomic E-state index is 12.1. The van der Waals surface area contributed by atoms with Gasteiger partial charge in [0.2, 0.25) is 5.91 Å². The zero-order valence-electron chi connectivity index (χ0n) is 15.1. The van der Waals surface area contributed by atoms with Crippen LogP contribution in [0.1, 0.15) is 11.1 Å². The molecule has 0 radical (unpaired) electrons. The van der Waals surface area contributed by atoms with E-state index in [1.54, 1.807) is 32.4 Å². The van der Waals surface area contributed by atoms with Crippen molar-refractivity contribution in [2.45, 2.75) is 13.0 Å². The molecule has 0 bridgehead atoms. The molecule has 0 atom stereocenters. The van der Waals surface area contributed by atoms with Crippen LogP contribution >= 0.6 is 0 Å². The molecule has 0 aliphatic carbocycles. The van der Waals surface area contributed by atoms with Gasteiger partial charge in [-0.1, -0.05) is 18.2 Å². The highest BCUT2D eigenvalue weighted by atomic mass is 19.3. The van der Waals surface area contributed by atoms with Crippen molar-refractivity contribution < 1.29 is 27.8 Å². The van der Waals surface area contributed by atoms with Gasteiger partial charge in [0, 0.05) is 12.6 Å². The van der Waals surface area contributed by atoms with Crippen molar-refractivity contribution in [3.05, 3.63) is 59.7 Å². The molecule has 0 aliphatic heterocycles. The van der Waals surface area contributed by atoms with Gasteiger partial charge in [-0.25, -0.2) is 0 Å². The van der Waals surface area contributed by atoms with Gasteiger partial charge in [-0.3, -0.25) is 4.79 Å². The first-order valence-corrected chi connectivity index (χ1v) is 8.23. The fraction of sp³-hybridized carbons (Fsp3) is 0.250. The van der Waals surface area contributed by atoms with Gasteiger partial charge in [0.15, 0.2) is 11.5 Å². The number of hydrogen-bond donors (Lipinski definition) is 1. The molecule has 0 heterocycles. The minimum Gasteiger partial charge on any atom is -0.493 e. The average Bonchev–Trinajstić information content (AvgIpc) is 2.67. The smallest absolute Gasteiger partial charge is 0.387 e. The lowest BCUT2D eigenvalue weighted by molar-refractivity contribution is -0.116. The van der Waals surface area contributed by atoms with Crippen LogP contribution in [0, 0.1) is 0 Å². The van der Waals surface area contributed by atoms with Gasteiger partial charge in [0.25, 0.3) is 0 Å². The molecule has 0 aromatic heterocycles. The third-order valence-corrected chi connectivity index (χ3v) is 3.69. The Balaban J connectivity index is 1.81. The minimum atomic E-state index is -2.86. The molecule has 0 aliphatic rings. The Hall–Kier alpha value is -3.09. The molecule has 1 N–H and O–H groups in total. The molecule has 0 spiro atoms. The summed E-state index contributed by atoms with van der Waals surface area (Å²) >= 11 is 0. The lowest BCUT2D eigenvalue weighted by atomic mass is 10.1. The maximum Gasteiger partial charge on any atom is 0.387 e. The van der Waals surface area contributed by atoms with Gasteiger partial charge in [-0.15, -0.1) is 0 Å². The van der Waals surface area contributed by atoms with Crippen molar-refractivity contribution in [1.82, 2.24) is 5.32 Å². The molecule has 144 valence electrons. The third-order valence-electron chi connectivity index (χ3n) is 3.69. The van der Waals surface area contributed by atoms with Crippen molar-refractivity contribution >= 4 is 12.0 Å². The van der Waals surface area contributed by atoms with Gasteiger partial charge in [0.1, 0.15) is 5.75 Å². The van der Waals surface area contributed by atoms with Crippen LogP contribution in [0.3, 0.4) is 0 Å². The monoisotopic (exact) mass is 377 g/mol. The summed E-state index contributed by atoms with van der Waals surface area (Å²) in [5.41, 5.74) is 1.71. The van der Waals surface area contributed by atoms with Gasteiger partial charge in [-0.2, -0.15) is 8.78 Å². The molecule has 0 fully saturated rings. The lowest BCUT2D eigenvalue weighted by Crippen LogP contribution is -2.23. The Kier molecular flexibility index (Phi) is 7.61. The van der Waals surface area contributed by atoms with Crippen LogP contribution in [0.2, 0.25) is 0 Å². The highest BCUT2D eigenvalue weighted by Crippen LogP contribution is 2.27. The third kappa shape index (κ3) is 6.62. The number of carbonyl (C=O) groups is 1. The number of carbonyl (C=O) groups excluding carboxylic acids is 1. The molecule has 2 rings (SSSR count). The summed E-state index contributed by atoms with van der Waals surface area (Å²) in [5, 5.41) is 2.78. The van der Waals surface area contributed by atoms with E-state index in [4.69, 9.17) is 9.47 Å². The van der Waals surface area contributed by atoms with Gasteiger partial charge in [0.05, 0.1) is 14.2 Å². The Bertz CT molecular complexity index is 776. The minimum absolute atomic E-state index is 0.0709. The molecule has 0 saturated carbocycles. The molecular formula is C20H21F2NO4. The zero-order chi connectivity index (χ0) is 19.6. The standard InChI is InChI=1S/C20H21F2NO4/c1-25-17-9-5-15(13-18(17)26-2)11-12-23-19(24)10-6-14-3-7-16(8-4-14)27-20(21)22/h3-10,13,20H,11-12H2,1-2H3,(H,23,24)/b10-6+. The molecule has 0 saturated heterocycles. The number of rotatable bonds is 9. The first-order valence-electron chi connectivity index (χ1n) is 8.23. The normalized spacial score (nSPS) is 10.9. The zero-order valence-corrected chi connectivity index (χ0v) is 15.1. The van der Waals surface area contributed by atoms with Crippen molar-refractivity contribution in [1.29, 1.82) is 0 Å². The largest absolute Gasteiger partial charge is 0.493 e. The molecule has 2 aromatic rings. The van der Waals surface area contributed by atoms with Crippen molar-refractivity contribution in [3.63, 3.8) is 0 Å². The van der Waals surface area contributed by atoms with E-state index in [1.807, 2.05) is 18.2 Å². The number of nitrogens with one attached hydrogen (secondary N) is 1. The average molecular weight is 377 g/mol. The number of hydrogen-bond acceptors (Lipinski definition) is 4. The highest BCUT2D eigenvalue weighted by Gasteiger charge is 2.05. The van der Waals surface area contributed by atoms with Crippen molar-refractivity contribution in [2.75, 3.05) is 20.8 Å². The Morgan fingerprint density at radius 1 is 1.07 bits per heavy atom. The van der Waals surface area contributed by atoms with Gasteiger partial charge in [-0.05, 0) is 47.9 Å². The van der Waals surface area contributed by atoms with E-state index in [2.05, 4.69) is 10.1 Å². The molecule has 5 nitrogen and oxygen atoms in total. The number of ether oxygens (including phenoxy) is 3. The summed E-state index contributed by atoms with van der Waals surface area (Å²) in [7, 11) is 3.14. The first kappa shape index (κ1) is 20.2. The molecule has 2 aromatic carbocycles. The van der Waals surface area contributed by atoms with Crippen molar-refractivity contribution in [2.24, 2.45) is 0 Å². The summed E-state index contributed by atoms with van der Waals surface area (Å²) < 4.78 is 38.9. The molecule has 1 amide bonds. The topological polar surface area (TPSA) is 56.8 Å². The SMILES string of the molecule is COc1ccc(CCNC(=O)/C=C/c2ccc(OC(F)F)cc2)cc1OC. The van der Waals surface area contributed by atoms with Crippen LogP contribution in [0.15, 0.2) is 48.5 Å². The number of halogens is 2. The van der Waals surface area contributed by atoms with E-state index in [-0.39, 0.29) is 11.7 Å². The van der Waals surface area contributed by atoms with E-state index in [9.17, 15) is 13.6 Å². The Morgan fingerprint density at radius 2 is 1.78 bits per heavy atom. The van der Waals surface area contributed by atoms with Crippen LogP contribution in [0.5, 0.6) is 17.2 Å². The van der Waals surface area contributed by atoms with E-state index in [1.165, 1.54) is 18.2 Å². The van der Waals surface area contributed by atoms with Crippen LogP contribution in [-0.4, -0.2) is 33.3 Å². The quantitative estimate of drug-likeness (QED) is 0.678. The molecular weight excluding hydrogens is 356 g/mol. The maximum atomic E-state index is 12.1. The second-order valence-corrected chi connectivity index (χ2v) is 5.51. The van der Waals surface area contributed by atoms with Crippen molar-refractivity contribution in [3.8, 4) is 17.2 Å². The predicted octanol–water partition coefficient (Wildman–Crippen LogP) is 3.68. The second-order valence-electron chi connectivity index (χ2n) is 5.51. The molecule has 0 unspecified atom stereocenters. The fourth-order valence-electron chi connectivity index (χ4n) is 2.36. The number of methoxy groups -OCH3 is 2. The Morgan fingerprint density at radius 3 is 2.41 bits per heavy atom. The number of amides is 1. The summed E-state index contributed by atoms with van der Waals surface area (Å²) in [6, 6.07) is 11.6. The number of benzene rings is 2. The number of alkyl halides is 2. The van der Waals surface area contributed by atoms with E-state index >= 15 is 0 Å². The highest BCUT2D eigenvalue weighted by molar-refractivity contribution is 5.91. The van der Waals surface area contributed by atoms with Crippen LogP contribution < -0.4 is 19.5 Å². The van der Waals surface area contributed by atoms with E-state index in [0.717, 1.165) is 5.56 Å². The van der Waals surface area contributed by atoms with E-state index in [0.29, 0.717) is 30.0 Å². The summed E-state index contributed by atoms with van der Waals surface area (Å²) in [4.78, 5) is 11.9. The molecule has 27 heavy (non-hydrogen) atoms. The lowest BCUT2D eigenvalue weighted by Gasteiger charge is -2.09. The van der Waals surface area contributed by atoms with Gasteiger partial charge >= 0.3 is 6.61 Å². The predicted molar refractivity (Wildman–Crippen MR) is 98.4 cm³/mol. The summed E-state index contributed by atoms with van der Waals surface area (Å²) in [6.45, 7) is -2.40. The Labute approximate surface area is 156 Å². The fourth-order valence-corrected chi connectivity index (χ4v) is 2.36.